The molecule has 0 amide bonds. The van der Waals surface area contributed by atoms with E-state index in [0.717, 1.165) is 5.56 Å². The molecule has 1 aromatic carbocycles. The van der Waals surface area contributed by atoms with Crippen molar-refractivity contribution in [3.8, 4) is 0 Å². The van der Waals surface area contributed by atoms with Crippen molar-refractivity contribution >= 4 is 5.97 Å². The second-order valence-electron chi connectivity index (χ2n) is 6.94. The molecule has 6 nitrogen and oxygen atoms in total. The van der Waals surface area contributed by atoms with E-state index >= 15 is 0 Å². The molecule has 0 saturated carbocycles. The summed E-state index contributed by atoms with van der Waals surface area (Å²) in [5, 5.41) is 22.2. The van der Waals surface area contributed by atoms with Gasteiger partial charge in [0.1, 0.15) is 36.3 Å². The van der Waals surface area contributed by atoms with Gasteiger partial charge >= 0.3 is 7.40 Å². The summed E-state index contributed by atoms with van der Waals surface area (Å²) in [6.07, 6.45) is 0.891. The van der Waals surface area contributed by atoms with Gasteiger partial charge in [-0.3, -0.25) is 4.79 Å². The summed E-state index contributed by atoms with van der Waals surface area (Å²) >= 11 is 0. The summed E-state index contributed by atoms with van der Waals surface area (Å²) in [6, 6.07) is 8.86. The van der Waals surface area contributed by atoms with E-state index in [1.807, 2.05) is 18.2 Å². The zero-order valence-corrected chi connectivity index (χ0v) is 15.0. The maximum absolute atomic E-state index is 12.6. The number of benzene rings is 1. The Hall–Kier alpha value is -0.990. The molecule has 5 atom stereocenters. The number of morpholine rings is 1. The average Bonchev–Trinajstić information content (AvgIpc) is 3.27. The van der Waals surface area contributed by atoms with Crippen molar-refractivity contribution in [3.05, 3.63) is 41.1 Å². The zero-order valence-electron chi connectivity index (χ0n) is 14.4. The van der Waals surface area contributed by atoms with Crippen LogP contribution in [0, 0.1) is 5.21 Å². The zero-order chi connectivity index (χ0) is 16.2. The fourth-order valence-corrected chi connectivity index (χ4v) is 4.25. The Labute approximate surface area is 152 Å². The van der Waals surface area contributed by atoms with Gasteiger partial charge in [-0.25, -0.2) is 0 Å². The summed E-state index contributed by atoms with van der Waals surface area (Å²) in [5.74, 6) is -1.09. The number of nitrogens with zero attached hydrogens (tertiary/aromatic N) is 1. The van der Waals surface area contributed by atoms with Gasteiger partial charge in [0.15, 0.2) is 0 Å². The van der Waals surface area contributed by atoms with Gasteiger partial charge in [-0.15, -0.1) is 0 Å². The number of carbonyl (C=O) groups excluding carboxylic acids is 1. The van der Waals surface area contributed by atoms with E-state index in [9.17, 15) is 15.1 Å². The number of piperidine rings is 1. The molecule has 0 aromatic heterocycles. The van der Waals surface area contributed by atoms with Crippen molar-refractivity contribution in [1.29, 1.82) is 0 Å². The monoisotopic (exact) mass is 399 g/mol. The Morgan fingerprint density at radius 1 is 1.38 bits per heavy atom. The lowest BCUT2D eigenvalue weighted by molar-refractivity contribution is -0.911. The molecule has 132 valence electrons. The van der Waals surface area contributed by atoms with Crippen molar-refractivity contribution in [3.63, 3.8) is 0 Å². The summed E-state index contributed by atoms with van der Waals surface area (Å²) in [7, 11) is 1.70. The number of aliphatic hydroxyl groups excluding tert-OH is 1. The van der Waals surface area contributed by atoms with Gasteiger partial charge < -0.3 is 41.4 Å². The molecule has 3 saturated heterocycles. The van der Waals surface area contributed by atoms with Crippen LogP contribution in [0.5, 0.6) is 0 Å². The first-order valence-electron chi connectivity index (χ1n) is 8.11. The molecule has 3 heterocycles. The molecule has 1 N–H and O–H groups in total. The number of esters is 1. The lowest BCUT2D eigenvalue weighted by Crippen LogP contribution is -3.00. The summed E-state index contributed by atoms with van der Waals surface area (Å²) in [4.78, 5) is 12.4. The number of epoxide rings is 1. The van der Waals surface area contributed by atoms with Crippen LogP contribution in [0.15, 0.2) is 30.3 Å². The van der Waals surface area contributed by atoms with E-state index in [1.54, 1.807) is 19.2 Å². The molecule has 2 bridgehead atoms. The summed E-state index contributed by atoms with van der Waals surface area (Å²) in [5.41, 5.74) is 0.745. The van der Waals surface area contributed by atoms with Crippen LogP contribution in [-0.2, 0) is 14.3 Å². The minimum atomic E-state index is -0.672. The van der Waals surface area contributed by atoms with Crippen LogP contribution < -0.4 is 17.0 Å². The minimum absolute atomic E-state index is 0. The topological polar surface area (TPSA) is 82.1 Å². The number of ether oxygens (including phenoxy) is 2. The number of carbonyl (C=O) groups is 1. The Bertz CT molecular complexity index is 596. The quantitative estimate of drug-likeness (QED) is 0.275. The number of hydroxylamine groups is 3. The molecule has 7 heteroatoms. The minimum Gasteiger partial charge on any atom is -1.00 e. The Morgan fingerprint density at radius 2 is 1.96 bits per heavy atom. The largest absolute Gasteiger partial charge is 1.00 e. The van der Waals surface area contributed by atoms with E-state index in [0.29, 0.717) is 12.8 Å². The molecular formula is C17H22BrNO5. The van der Waals surface area contributed by atoms with E-state index in [1.165, 1.54) is 0 Å². The van der Waals surface area contributed by atoms with Crippen LogP contribution in [0.2, 0.25) is 0 Å². The van der Waals surface area contributed by atoms with Crippen LogP contribution in [-0.4, -0.2) is 59.8 Å². The fraction of sp³-hybridized carbons (Fsp3) is 0.588. The van der Waals surface area contributed by atoms with Crippen LogP contribution in [0.25, 0.3) is 0 Å². The van der Waals surface area contributed by atoms with Crippen molar-refractivity contribution in [2.45, 2.75) is 49.2 Å². The Kier molecular flexibility index (Phi) is 4.74. The average molecular weight is 400 g/mol. The normalized spacial score (nSPS) is 40.2. The molecule has 3 aliphatic rings. The molecule has 0 spiro atoms. The highest BCUT2D eigenvalue weighted by molar-refractivity contribution is 5.78. The highest BCUT2D eigenvalue weighted by Crippen LogP contribution is 2.52. The van der Waals surface area contributed by atoms with Gasteiger partial charge in [0.05, 0.1) is 13.7 Å². The third-order valence-electron chi connectivity index (χ3n) is 5.60. The van der Waals surface area contributed by atoms with Gasteiger partial charge in [0.2, 0.25) is 0 Å². The molecule has 0 radical (unpaired) electrons. The van der Waals surface area contributed by atoms with E-state index in [4.69, 9.17) is 9.47 Å². The van der Waals surface area contributed by atoms with Crippen LogP contribution in [0.3, 0.4) is 0 Å². The number of rotatable bonds is 4. The van der Waals surface area contributed by atoms with Gasteiger partial charge in [0, 0.05) is 12.8 Å². The number of hydrogen-bond acceptors (Lipinski definition) is 5. The molecule has 5 unspecified atom stereocenters. The second kappa shape index (κ2) is 6.38. The molecule has 4 rings (SSSR count). The van der Waals surface area contributed by atoms with Crippen molar-refractivity contribution in [2.24, 2.45) is 0 Å². The number of halogens is 1. The van der Waals surface area contributed by atoms with E-state index in [-0.39, 0.29) is 60.1 Å². The van der Waals surface area contributed by atoms with Gasteiger partial charge in [-0.1, -0.05) is 30.3 Å². The van der Waals surface area contributed by atoms with Crippen molar-refractivity contribution in [1.82, 2.24) is 0 Å². The predicted molar refractivity (Wildman–Crippen MR) is 82.3 cm³/mol. The third kappa shape index (κ3) is 2.78. The summed E-state index contributed by atoms with van der Waals surface area (Å²) < 4.78 is 10.9. The van der Waals surface area contributed by atoms with Crippen LogP contribution in [0.1, 0.15) is 25.7 Å². The number of fused-ring (bicyclic) bond motifs is 5. The van der Waals surface area contributed by atoms with Crippen molar-refractivity contribution in [2.75, 3.05) is 13.7 Å². The lowest BCUT2D eigenvalue weighted by atomic mass is 9.97. The molecule has 24 heavy (non-hydrogen) atoms. The lowest BCUT2D eigenvalue weighted by Gasteiger charge is -2.51. The molecule has 0 aliphatic carbocycles. The first-order chi connectivity index (χ1) is 11.0. The predicted octanol–water partition coefficient (Wildman–Crippen LogP) is -1.95. The SMILES string of the molecule is C[N+]1([O-])C2CC(OC(=O)C(CO)c3ccccc3)CC1C1OC12.[Br-].[H+]. The highest BCUT2D eigenvalue weighted by Gasteiger charge is 2.69. The van der Waals surface area contributed by atoms with E-state index < -0.39 is 11.9 Å². The van der Waals surface area contributed by atoms with Gasteiger partial charge in [-0.05, 0) is 5.56 Å². The highest BCUT2D eigenvalue weighted by atomic mass is 79.9. The molecular weight excluding hydrogens is 378 g/mol. The summed E-state index contributed by atoms with van der Waals surface area (Å²) in [6.45, 7) is -0.286. The molecule has 1 aromatic rings. The fourth-order valence-electron chi connectivity index (χ4n) is 4.25. The van der Waals surface area contributed by atoms with Crippen LogP contribution >= 0.6 is 0 Å². The standard InChI is InChI=1S/C17H21NO5.BrH/c1-18(21)13-7-11(8-14(18)16-15(13)23-16)22-17(20)12(9-19)10-5-3-2-4-6-10;/h2-6,11-16,19H,7-9H2,1H3;1H. The maximum Gasteiger partial charge on any atom is 1.00 e. The number of quaternary nitrogens is 1. The Balaban J connectivity index is 0.00000113. The van der Waals surface area contributed by atoms with Crippen molar-refractivity contribution < 1.29 is 42.4 Å². The maximum atomic E-state index is 12.6. The van der Waals surface area contributed by atoms with E-state index in [2.05, 4.69) is 0 Å². The second-order valence-corrected chi connectivity index (χ2v) is 6.94. The molecule has 3 fully saturated rings. The first kappa shape index (κ1) is 17.8. The third-order valence-corrected chi connectivity index (χ3v) is 5.60. The first-order valence-corrected chi connectivity index (χ1v) is 8.11. The van der Waals surface area contributed by atoms with Crippen LogP contribution in [0.4, 0.5) is 0 Å². The Morgan fingerprint density at radius 3 is 2.50 bits per heavy atom. The smallest absolute Gasteiger partial charge is 1.00 e. The number of hydrogen-bond donors (Lipinski definition) is 1. The number of aliphatic hydroxyl groups is 1. The number of likely N-dealkylation sites (N-methyl/N-ethyl adjacent to an activating group) is 1. The van der Waals surface area contributed by atoms with Gasteiger partial charge in [0.25, 0.3) is 0 Å². The van der Waals surface area contributed by atoms with Gasteiger partial charge in [-0.2, -0.15) is 0 Å². The molecule has 3 aliphatic heterocycles.